The number of nitrogens with one attached hydrogen (secondary N) is 2. The van der Waals surface area contributed by atoms with Crippen molar-refractivity contribution in [3.05, 3.63) is 22.7 Å². The molecule has 0 spiro atoms. The van der Waals surface area contributed by atoms with Crippen molar-refractivity contribution in [1.82, 2.24) is 15.8 Å². The van der Waals surface area contributed by atoms with Crippen molar-refractivity contribution in [3.8, 4) is 11.5 Å². The molecule has 2 unspecified atom stereocenters. The van der Waals surface area contributed by atoms with E-state index in [0.29, 0.717) is 28.5 Å². The summed E-state index contributed by atoms with van der Waals surface area (Å²) in [7, 11) is 3.26. The zero-order valence-electron chi connectivity index (χ0n) is 14.8. The van der Waals surface area contributed by atoms with E-state index in [2.05, 4.69) is 22.7 Å². The predicted octanol–water partition coefficient (Wildman–Crippen LogP) is 2.68. The van der Waals surface area contributed by atoms with Crippen molar-refractivity contribution in [2.45, 2.75) is 32.4 Å². The number of halogens is 1. The summed E-state index contributed by atoms with van der Waals surface area (Å²) in [5.74, 6) is 2.77. The zero-order valence-corrected chi connectivity index (χ0v) is 15.5. The molecule has 0 saturated carbocycles. The van der Waals surface area contributed by atoms with E-state index in [1.165, 1.54) is 12.8 Å². The van der Waals surface area contributed by atoms with Crippen molar-refractivity contribution < 1.29 is 9.47 Å². The average Bonchev–Trinajstić information content (AvgIpc) is 3.03. The molecule has 0 amide bonds. The van der Waals surface area contributed by atoms with Crippen LogP contribution >= 0.6 is 11.6 Å². The largest absolute Gasteiger partial charge is 0.493 e. The molecule has 3 rings (SSSR count). The van der Waals surface area contributed by atoms with E-state index in [9.17, 15) is 0 Å². The van der Waals surface area contributed by atoms with Gasteiger partial charge in [-0.1, -0.05) is 24.6 Å². The Hall–Kier alpha value is -1.01. The molecule has 2 aliphatic rings. The first kappa shape index (κ1) is 17.8. The summed E-state index contributed by atoms with van der Waals surface area (Å²) in [5.41, 5.74) is 7.85. The molecule has 2 fully saturated rings. The summed E-state index contributed by atoms with van der Waals surface area (Å²) < 4.78 is 10.7. The lowest BCUT2D eigenvalue weighted by molar-refractivity contribution is 0.146. The smallest absolute Gasteiger partial charge is 0.179 e. The van der Waals surface area contributed by atoms with Crippen LogP contribution in [0.4, 0.5) is 0 Å². The van der Waals surface area contributed by atoms with Gasteiger partial charge in [0.05, 0.1) is 19.2 Å². The third-order valence-corrected chi connectivity index (χ3v) is 5.82. The fraction of sp³-hybridized carbons (Fsp3) is 0.667. The highest BCUT2D eigenvalue weighted by molar-refractivity contribution is 6.33. The van der Waals surface area contributed by atoms with Gasteiger partial charge in [-0.05, 0) is 49.4 Å². The lowest BCUT2D eigenvalue weighted by Crippen LogP contribution is -2.44. The van der Waals surface area contributed by atoms with Gasteiger partial charge in [0.25, 0.3) is 0 Å². The van der Waals surface area contributed by atoms with E-state index in [1.807, 2.05) is 12.1 Å². The first-order chi connectivity index (χ1) is 11.6. The van der Waals surface area contributed by atoms with Gasteiger partial charge in [-0.25, -0.2) is 0 Å². The molecule has 0 aliphatic carbocycles. The first-order valence-corrected chi connectivity index (χ1v) is 9.12. The molecule has 2 atom stereocenters. The summed E-state index contributed by atoms with van der Waals surface area (Å²) in [6, 6.07) is 4.58. The Labute approximate surface area is 149 Å². The van der Waals surface area contributed by atoms with Gasteiger partial charge in [0.1, 0.15) is 0 Å². The molecule has 2 N–H and O–H groups in total. The van der Waals surface area contributed by atoms with E-state index in [4.69, 9.17) is 21.1 Å². The Morgan fingerprint density at radius 2 is 1.96 bits per heavy atom. The molecule has 1 aromatic carbocycles. The Morgan fingerprint density at radius 3 is 2.54 bits per heavy atom. The van der Waals surface area contributed by atoms with Crippen LogP contribution in [0.2, 0.25) is 5.02 Å². The highest BCUT2D eigenvalue weighted by atomic mass is 35.5. The van der Waals surface area contributed by atoms with E-state index in [0.717, 1.165) is 37.7 Å². The molecular weight excluding hydrogens is 326 g/mol. The normalized spacial score (nSPS) is 25.8. The number of hydrogen-bond donors (Lipinski definition) is 2. The molecule has 0 bridgehead atoms. The van der Waals surface area contributed by atoms with Gasteiger partial charge in [-0.3, -0.25) is 15.8 Å². The second-order valence-electron chi connectivity index (χ2n) is 6.92. The molecule has 6 heteroatoms. The maximum atomic E-state index is 6.51. The molecule has 0 aromatic heterocycles. The van der Waals surface area contributed by atoms with Crippen LogP contribution in [0.15, 0.2) is 12.1 Å². The minimum atomic E-state index is 0.608. The molecule has 2 aliphatic heterocycles. The van der Waals surface area contributed by atoms with Gasteiger partial charge in [0.15, 0.2) is 11.5 Å². The number of nitrogens with zero attached hydrogens (tertiary/aromatic N) is 1. The summed E-state index contributed by atoms with van der Waals surface area (Å²) in [4.78, 5) is 2.48. The van der Waals surface area contributed by atoms with Crippen LogP contribution in [0.3, 0.4) is 0 Å². The first-order valence-electron chi connectivity index (χ1n) is 8.74. The molecule has 2 saturated heterocycles. The number of ether oxygens (including phenoxy) is 2. The Kier molecular flexibility index (Phi) is 5.87. The number of hydrazine groups is 1. The van der Waals surface area contributed by atoms with Gasteiger partial charge >= 0.3 is 0 Å². The van der Waals surface area contributed by atoms with Gasteiger partial charge in [0, 0.05) is 19.1 Å². The number of benzene rings is 1. The van der Waals surface area contributed by atoms with E-state index in [-0.39, 0.29) is 0 Å². The van der Waals surface area contributed by atoms with Crippen LogP contribution in [0.1, 0.15) is 25.3 Å². The number of methoxy groups -OCH3 is 2. The Balaban J connectivity index is 1.60. The monoisotopic (exact) mass is 353 g/mol. The molecule has 5 nitrogen and oxygen atoms in total. The third-order valence-electron chi connectivity index (χ3n) is 5.40. The average molecular weight is 354 g/mol. The highest BCUT2D eigenvalue weighted by Gasteiger charge is 2.33. The van der Waals surface area contributed by atoms with Crippen molar-refractivity contribution in [3.63, 3.8) is 0 Å². The van der Waals surface area contributed by atoms with Gasteiger partial charge < -0.3 is 9.47 Å². The topological polar surface area (TPSA) is 45.8 Å². The van der Waals surface area contributed by atoms with Crippen molar-refractivity contribution in [2.75, 3.05) is 33.9 Å². The third kappa shape index (κ3) is 3.64. The van der Waals surface area contributed by atoms with Gasteiger partial charge in [-0.2, -0.15) is 0 Å². The highest BCUT2D eigenvalue weighted by Crippen LogP contribution is 2.38. The van der Waals surface area contributed by atoms with Crippen LogP contribution in [-0.2, 0) is 6.54 Å². The molecular formula is C18H28ClN3O2. The molecule has 2 heterocycles. The maximum absolute atomic E-state index is 6.51. The zero-order chi connectivity index (χ0) is 17.1. The number of piperidine rings is 1. The summed E-state index contributed by atoms with van der Waals surface area (Å²) in [6.07, 6.45) is 2.46. The second-order valence-corrected chi connectivity index (χ2v) is 7.29. The quantitative estimate of drug-likeness (QED) is 0.852. The fourth-order valence-electron chi connectivity index (χ4n) is 3.95. The Morgan fingerprint density at radius 1 is 1.21 bits per heavy atom. The molecule has 134 valence electrons. The van der Waals surface area contributed by atoms with Crippen molar-refractivity contribution in [1.29, 1.82) is 0 Å². The van der Waals surface area contributed by atoms with Crippen molar-refractivity contribution in [2.24, 2.45) is 11.8 Å². The minimum Gasteiger partial charge on any atom is -0.493 e. The predicted molar refractivity (Wildman–Crippen MR) is 96.6 cm³/mol. The number of rotatable bonds is 5. The molecule has 0 radical (unpaired) electrons. The van der Waals surface area contributed by atoms with Crippen LogP contribution in [0.25, 0.3) is 0 Å². The van der Waals surface area contributed by atoms with Gasteiger partial charge in [-0.15, -0.1) is 0 Å². The SMILES string of the molecule is COc1ccc(CN2CCC(C3NNCC3C)CC2)c(Cl)c1OC. The maximum Gasteiger partial charge on any atom is 0.179 e. The second kappa shape index (κ2) is 7.91. The van der Waals surface area contributed by atoms with E-state index in [1.54, 1.807) is 14.2 Å². The van der Waals surface area contributed by atoms with Crippen molar-refractivity contribution >= 4 is 11.6 Å². The van der Waals surface area contributed by atoms with Crippen LogP contribution < -0.4 is 20.3 Å². The molecule has 1 aromatic rings. The van der Waals surface area contributed by atoms with E-state index < -0.39 is 0 Å². The number of likely N-dealkylation sites (tertiary alicyclic amines) is 1. The lowest BCUT2D eigenvalue weighted by Gasteiger charge is -2.36. The Bertz CT molecular complexity index is 561. The summed E-state index contributed by atoms with van der Waals surface area (Å²) in [6.45, 7) is 6.48. The minimum absolute atomic E-state index is 0.608. The van der Waals surface area contributed by atoms with E-state index >= 15 is 0 Å². The molecule has 24 heavy (non-hydrogen) atoms. The lowest BCUT2D eigenvalue weighted by atomic mass is 9.84. The summed E-state index contributed by atoms with van der Waals surface area (Å²) in [5, 5.41) is 0.661. The van der Waals surface area contributed by atoms with Gasteiger partial charge in [0.2, 0.25) is 0 Å². The van der Waals surface area contributed by atoms with Crippen LogP contribution in [0, 0.1) is 11.8 Å². The summed E-state index contributed by atoms with van der Waals surface area (Å²) >= 11 is 6.51. The fourth-order valence-corrected chi connectivity index (χ4v) is 4.25. The standard InChI is InChI=1S/C18H28ClN3O2/c1-12-10-20-21-17(12)13-6-8-22(9-7-13)11-14-4-5-15(23-2)18(24-3)16(14)19/h4-5,12-13,17,20-21H,6-11H2,1-3H3. The number of hydrogen-bond acceptors (Lipinski definition) is 5. The van der Waals surface area contributed by atoms with Crippen LogP contribution in [-0.4, -0.2) is 44.8 Å². The van der Waals surface area contributed by atoms with Crippen LogP contribution in [0.5, 0.6) is 11.5 Å².